The van der Waals surface area contributed by atoms with E-state index >= 15 is 0 Å². The van der Waals surface area contributed by atoms with Gasteiger partial charge >= 0.3 is 0 Å². The Morgan fingerprint density at radius 3 is 2.40 bits per heavy atom. The molecule has 1 aromatic rings. The summed E-state index contributed by atoms with van der Waals surface area (Å²) in [5.41, 5.74) is 0. The maximum Gasteiger partial charge on any atom is 0.248 e. The van der Waals surface area contributed by atoms with Crippen molar-refractivity contribution in [1.82, 2.24) is 9.62 Å². The topological polar surface area (TPSA) is 49.4 Å². The molecule has 1 atom stereocenters. The van der Waals surface area contributed by atoms with E-state index < -0.39 is 32.4 Å². The van der Waals surface area contributed by atoms with E-state index in [0.717, 1.165) is 10.7 Å². The molecular weight excluding hydrogens is 293 g/mol. The zero-order chi connectivity index (χ0) is 14.9. The Bertz CT molecular complexity index is 584. The van der Waals surface area contributed by atoms with Gasteiger partial charge in [0.2, 0.25) is 10.0 Å². The number of hydrogen-bond acceptors (Lipinski definition) is 3. The fourth-order valence-electron chi connectivity index (χ4n) is 2.30. The summed E-state index contributed by atoms with van der Waals surface area (Å²) in [6.45, 7) is 0.325. The van der Waals surface area contributed by atoms with E-state index in [1.165, 1.54) is 0 Å². The van der Waals surface area contributed by atoms with Gasteiger partial charge in [-0.15, -0.1) is 0 Å². The van der Waals surface area contributed by atoms with Crippen LogP contribution in [-0.2, 0) is 10.0 Å². The lowest BCUT2D eigenvalue weighted by Gasteiger charge is -2.31. The van der Waals surface area contributed by atoms with Crippen LogP contribution in [0.2, 0.25) is 0 Å². The molecule has 1 N–H and O–H groups in total. The molecule has 0 amide bonds. The molecule has 0 bridgehead atoms. The third-order valence-corrected chi connectivity index (χ3v) is 5.27. The van der Waals surface area contributed by atoms with Crippen LogP contribution in [0.1, 0.15) is 12.8 Å². The Morgan fingerprint density at radius 2 is 1.85 bits per heavy atom. The highest BCUT2D eigenvalue weighted by Crippen LogP contribution is 2.26. The summed E-state index contributed by atoms with van der Waals surface area (Å²) < 4.78 is 65.8. The van der Waals surface area contributed by atoms with Crippen LogP contribution in [0.15, 0.2) is 17.0 Å². The van der Waals surface area contributed by atoms with Gasteiger partial charge in [0, 0.05) is 31.3 Å². The van der Waals surface area contributed by atoms with Crippen molar-refractivity contribution < 1.29 is 21.6 Å². The van der Waals surface area contributed by atoms with Crippen molar-refractivity contribution >= 4 is 10.0 Å². The van der Waals surface area contributed by atoms with E-state index in [0.29, 0.717) is 18.6 Å². The first-order valence-corrected chi connectivity index (χ1v) is 7.62. The molecular formula is C12H15F3N2O2S. The number of likely N-dealkylation sites (N-methyl/N-ethyl adjacent to an activating group) is 1. The van der Waals surface area contributed by atoms with E-state index in [-0.39, 0.29) is 19.1 Å². The Hall–Kier alpha value is -1.12. The highest BCUT2D eigenvalue weighted by molar-refractivity contribution is 7.89. The highest BCUT2D eigenvalue weighted by atomic mass is 32.2. The van der Waals surface area contributed by atoms with Gasteiger partial charge in [-0.2, -0.15) is 4.31 Å². The molecule has 2 rings (SSSR count). The Morgan fingerprint density at radius 1 is 1.25 bits per heavy atom. The number of halogens is 3. The first-order valence-electron chi connectivity index (χ1n) is 6.18. The van der Waals surface area contributed by atoms with Crippen LogP contribution < -0.4 is 5.32 Å². The maximum atomic E-state index is 13.6. The zero-order valence-corrected chi connectivity index (χ0v) is 11.7. The molecule has 0 spiro atoms. The second kappa shape index (κ2) is 5.71. The predicted molar refractivity (Wildman–Crippen MR) is 67.2 cm³/mol. The lowest BCUT2D eigenvalue weighted by molar-refractivity contribution is 0.290. The lowest BCUT2D eigenvalue weighted by Crippen LogP contribution is -2.47. The van der Waals surface area contributed by atoms with Crippen LogP contribution in [0.5, 0.6) is 0 Å². The first kappa shape index (κ1) is 15.3. The minimum atomic E-state index is -4.31. The molecule has 0 radical (unpaired) electrons. The SMILES string of the molecule is CN[C@H]1CCCN(S(=O)(=O)c2c(F)cc(F)cc2F)C1. The van der Waals surface area contributed by atoms with Gasteiger partial charge in [0.1, 0.15) is 17.5 Å². The van der Waals surface area contributed by atoms with Crippen molar-refractivity contribution in [3.63, 3.8) is 0 Å². The second-order valence-corrected chi connectivity index (χ2v) is 6.56. The van der Waals surface area contributed by atoms with Crippen molar-refractivity contribution in [1.29, 1.82) is 0 Å². The molecule has 20 heavy (non-hydrogen) atoms. The number of rotatable bonds is 3. The number of piperidine rings is 1. The van der Waals surface area contributed by atoms with Gasteiger partial charge in [0.15, 0.2) is 4.90 Å². The summed E-state index contributed by atoms with van der Waals surface area (Å²) in [6, 6.07) is 0.676. The van der Waals surface area contributed by atoms with Gasteiger partial charge in [-0.25, -0.2) is 21.6 Å². The van der Waals surface area contributed by atoms with Crippen LogP contribution in [-0.4, -0.2) is 38.9 Å². The van der Waals surface area contributed by atoms with Gasteiger partial charge in [0.25, 0.3) is 0 Å². The van der Waals surface area contributed by atoms with Crippen LogP contribution in [0, 0.1) is 17.5 Å². The molecule has 8 heteroatoms. The standard InChI is InChI=1S/C12H15F3N2O2S/c1-16-9-3-2-4-17(7-9)20(18,19)12-10(14)5-8(13)6-11(12)15/h5-6,9,16H,2-4,7H2,1H3/t9-/m0/s1. The molecule has 0 aliphatic carbocycles. The van der Waals surface area contributed by atoms with Crippen LogP contribution >= 0.6 is 0 Å². The largest absolute Gasteiger partial charge is 0.316 e. The fourth-order valence-corrected chi connectivity index (χ4v) is 3.92. The number of hydrogen-bond donors (Lipinski definition) is 1. The lowest BCUT2D eigenvalue weighted by atomic mass is 10.1. The van der Waals surface area contributed by atoms with Crippen molar-refractivity contribution in [2.75, 3.05) is 20.1 Å². The van der Waals surface area contributed by atoms with E-state index in [9.17, 15) is 21.6 Å². The molecule has 1 aromatic carbocycles. The summed E-state index contributed by atoms with van der Waals surface area (Å²) in [7, 11) is -2.61. The number of nitrogens with zero attached hydrogens (tertiary/aromatic N) is 1. The smallest absolute Gasteiger partial charge is 0.248 e. The highest BCUT2D eigenvalue weighted by Gasteiger charge is 2.34. The molecule has 0 unspecified atom stereocenters. The Kier molecular flexibility index (Phi) is 4.36. The Balaban J connectivity index is 2.40. The van der Waals surface area contributed by atoms with Crippen molar-refractivity contribution in [3.05, 3.63) is 29.6 Å². The number of nitrogens with one attached hydrogen (secondary N) is 1. The number of benzene rings is 1. The summed E-state index contributed by atoms with van der Waals surface area (Å²) >= 11 is 0. The average Bonchev–Trinajstić information content (AvgIpc) is 2.37. The van der Waals surface area contributed by atoms with Crippen LogP contribution in [0.4, 0.5) is 13.2 Å². The molecule has 4 nitrogen and oxygen atoms in total. The fraction of sp³-hybridized carbons (Fsp3) is 0.500. The molecule has 112 valence electrons. The molecule has 1 heterocycles. The van der Waals surface area contributed by atoms with Gasteiger partial charge in [0.05, 0.1) is 0 Å². The van der Waals surface area contributed by atoms with Gasteiger partial charge in [-0.05, 0) is 19.9 Å². The molecule has 0 aromatic heterocycles. The summed E-state index contributed by atoms with van der Waals surface area (Å²) in [6.07, 6.45) is 1.38. The van der Waals surface area contributed by atoms with Crippen molar-refractivity contribution in [2.24, 2.45) is 0 Å². The second-order valence-electron chi connectivity index (χ2n) is 4.69. The van der Waals surface area contributed by atoms with Crippen molar-refractivity contribution in [2.45, 2.75) is 23.8 Å². The molecule has 1 aliphatic heterocycles. The minimum Gasteiger partial charge on any atom is -0.316 e. The van der Waals surface area contributed by atoms with E-state index in [1.807, 2.05) is 0 Å². The molecule has 0 saturated carbocycles. The van der Waals surface area contributed by atoms with E-state index in [1.54, 1.807) is 7.05 Å². The summed E-state index contributed by atoms with van der Waals surface area (Å²) in [5.74, 6) is -3.96. The molecule has 1 saturated heterocycles. The van der Waals surface area contributed by atoms with Gasteiger partial charge in [-0.3, -0.25) is 0 Å². The normalized spacial score (nSPS) is 21.1. The quantitative estimate of drug-likeness (QED) is 0.920. The molecule has 1 aliphatic rings. The van der Waals surface area contributed by atoms with E-state index in [4.69, 9.17) is 0 Å². The van der Waals surface area contributed by atoms with Crippen molar-refractivity contribution in [3.8, 4) is 0 Å². The van der Waals surface area contributed by atoms with E-state index in [2.05, 4.69) is 5.32 Å². The number of sulfonamides is 1. The Labute approximate surface area is 115 Å². The predicted octanol–water partition coefficient (Wildman–Crippen LogP) is 1.48. The van der Waals surface area contributed by atoms with Crippen LogP contribution in [0.3, 0.4) is 0 Å². The first-order chi connectivity index (χ1) is 9.36. The third-order valence-electron chi connectivity index (χ3n) is 3.35. The zero-order valence-electron chi connectivity index (χ0n) is 10.9. The minimum absolute atomic E-state index is 0.0647. The maximum absolute atomic E-state index is 13.6. The van der Waals surface area contributed by atoms with Gasteiger partial charge in [-0.1, -0.05) is 0 Å². The summed E-state index contributed by atoms with van der Waals surface area (Å²) in [4.78, 5) is -1.09. The monoisotopic (exact) mass is 308 g/mol. The van der Waals surface area contributed by atoms with Gasteiger partial charge < -0.3 is 5.32 Å². The summed E-state index contributed by atoms with van der Waals surface area (Å²) in [5, 5.41) is 2.94. The molecule has 1 fully saturated rings. The third kappa shape index (κ3) is 2.82. The van der Waals surface area contributed by atoms with Crippen LogP contribution in [0.25, 0.3) is 0 Å². The average molecular weight is 308 g/mol.